The number of benzene rings is 4. The van der Waals surface area contributed by atoms with Gasteiger partial charge < -0.3 is 20.1 Å². The fraction of sp³-hybridized carbons (Fsp3) is 0.222. The lowest BCUT2D eigenvalue weighted by Crippen LogP contribution is -2.43. The summed E-state index contributed by atoms with van der Waals surface area (Å²) in [5.74, 6) is -3.84. The third kappa shape index (κ3) is 7.96. The molecule has 5 rings (SSSR count). The van der Waals surface area contributed by atoms with Crippen LogP contribution >= 0.6 is 11.6 Å². The third-order valence-electron chi connectivity index (χ3n) is 8.12. The number of carbonyl (C=O) groups excluding carboxylic acids is 1. The molecule has 45 heavy (non-hydrogen) atoms. The number of aromatic nitrogens is 2. The summed E-state index contributed by atoms with van der Waals surface area (Å²) in [5.41, 5.74) is 3.63. The average molecular weight is 624 g/mol. The Kier molecular flexibility index (Phi) is 9.95. The highest BCUT2D eigenvalue weighted by atomic mass is 35.5. The number of aromatic amines is 1. The quantitative estimate of drug-likeness (QED) is 0.124. The molecule has 5 aromatic rings. The molecule has 3 unspecified atom stereocenters. The molecule has 0 saturated carbocycles. The average Bonchev–Trinajstić information content (AvgIpc) is 3.44. The van der Waals surface area contributed by atoms with Crippen molar-refractivity contribution in [3.05, 3.63) is 119 Å². The topological polar surface area (TPSA) is 124 Å². The molecule has 1 heterocycles. The highest BCUT2D eigenvalue weighted by molar-refractivity contribution is 6.30. The molecule has 4 aromatic carbocycles. The van der Waals surface area contributed by atoms with Gasteiger partial charge in [0.15, 0.2) is 0 Å². The van der Waals surface area contributed by atoms with Crippen molar-refractivity contribution in [2.45, 2.75) is 44.7 Å². The van der Waals surface area contributed by atoms with E-state index in [0.29, 0.717) is 17.3 Å². The maximum Gasteiger partial charge on any atom is 0.307 e. The second kappa shape index (κ2) is 14.2. The molecule has 0 aliphatic heterocycles. The highest BCUT2D eigenvalue weighted by Gasteiger charge is 2.32. The highest BCUT2D eigenvalue weighted by Crippen LogP contribution is 2.31. The lowest BCUT2D eigenvalue weighted by molar-refractivity contribution is -0.151. The van der Waals surface area contributed by atoms with Crippen molar-refractivity contribution in [1.82, 2.24) is 14.9 Å². The normalized spacial score (nSPS) is 13.6. The van der Waals surface area contributed by atoms with Crippen molar-refractivity contribution in [2.24, 2.45) is 5.92 Å². The standard InChI is InChI=1S/C36H34ClN3O5/c1-23(30(26-15-17-29(37)18-16-26)9-6-12-33-38-31-10-4-5-11-32(31)39-33)40(34(41)20-28(36(44)45)21-35(42)43)22-24-13-14-25-7-2-3-8-27(25)19-24/h2-8,10-19,23,28,30H,9,20-22H2,1H3,(H,38,39)(H,42,43)(H,44,45). The van der Waals surface area contributed by atoms with Crippen LogP contribution in [-0.2, 0) is 20.9 Å². The summed E-state index contributed by atoms with van der Waals surface area (Å²) in [7, 11) is 0. The Morgan fingerprint density at radius 1 is 0.911 bits per heavy atom. The Hall–Kier alpha value is -4.95. The summed E-state index contributed by atoms with van der Waals surface area (Å²) in [6.45, 7) is 2.17. The molecule has 0 radical (unpaired) electrons. The van der Waals surface area contributed by atoms with E-state index in [1.54, 1.807) is 4.90 Å². The molecular weight excluding hydrogens is 590 g/mol. The Morgan fingerprint density at radius 3 is 2.33 bits per heavy atom. The van der Waals surface area contributed by atoms with Crippen molar-refractivity contribution in [2.75, 3.05) is 0 Å². The van der Waals surface area contributed by atoms with Gasteiger partial charge in [-0.25, -0.2) is 4.98 Å². The zero-order valence-electron chi connectivity index (χ0n) is 24.8. The van der Waals surface area contributed by atoms with Crippen molar-refractivity contribution in [1.29, 1.82) is 0 Å². The number of halogens is 1. The van der Waals surface area contributed by atoms with Crippen LogP contribution in [0.5, 0.6) is 0 Å². The van der Waals surface area contributed by atoms with Crippen LogP contribution in [0.25, 0.3) is 27.9 Å². The van der Waals surface area contributed by atoms with Crippen LogP contribution in [0.2, 0.25) is 5.02 Å². The molecule has 0 aliphatic carbocycles. The molecule has 9 heteroatoms. The smallest absolute Gasteiger partial charge is 0.307 e. The van der Waals surface area contributed by atoms with Gasteiger partial charge in [0.1, 0.15) is 5.82 Å². The summed E-state index contributed by atoms with van der Waals surface area (Å²) in [5, 5.41) is 21.7. The van der Waals surface area contributed by atoms with E-state index < -0.39 is 42.6 Å². The molecule has 1 aromatic heterocycles. The maximum absolute atomic E-state index is 13.9. The molecule has 0 fully saturated rings. The summed E-state index contributed by atoms with van der Waals surface area (Å²) in [6.07, 6.45) is 3.40. The molecule has 230 valence electrons. The molecule has 3 N–H and O–H groups in total. The van der Waals surface area contributed by atoms with Crippen molar-refractivity contribution in [3.8, 4) is 0 Å². The number of H-pyrrole nitrogens is 1. The zero-order valence-corrected chi connectivity index (χ0v) is 25.5. The van der Waals surface area contributed by atoms with E-state index in [1.165, 1.54) is 0 Å². The number of aliphatic carboxylic acids is 2. The van der Waals surface area contributed by atoms with Crippen LogP contribution in [0.4, 0.5) is 0 Å². The number of carbonyl (C=O) groups is 3. The van der Waals surface area contributed by atoms with Gasteiger partial charge in [-0.3, -0.25) is 14.4 Å². The van der Waals surface area contributed by atoms with E-state index in [9.17, 15) is 24.6 Å². The van der Waals surface area contributed by atoms with Gasteiger partial charge in [0.05, 0.1) is 23.4 Å². The molecular formula is C36H34ClN3O5. The van der Waals surface area contributed by atoms with Crippen molar-refractivity contribution >= 4 is 57.3 Å². The van der Waals surface area contributed by atoms with Gasteiger partial charge in [-0.05, 0) is 71.7 Å². The zero-order chi connectivity index (χ0) is 31.9. The fourth-order valence-corrected chi connectivity index (χ4v) is 5.82. The number of hydrogen-bond donors (Lipinski definition) is 3. The molecule has 0 spiro atoms. The Balaban J connectivity index is 1.48. The first-order valence-corrected chi connectivity index (χ1v) is 15.1. The molecule has 3 atom stereocenters. The number of amides is 1. The third-order valence-corrected chi connectivity index (χ3v) is 8.38. The first kappa shape index (κ1) is 31.5. The number of nitrogens with zero attached hydrogens (tertiary/aromatic N) is 2. The van der Waals surface area contributed by atoms with E-state index in [1.807, 2.05) is 110 Å². The molecule has 0 bridgehead atoms. The number of fused-ring (bicyclic) bond motifs is 2. The molecule has 1 amide bonds. The lowest BCUT2D eigenvalue weighted by Gasteiger charge is -2.36. The van der Waals surface area contributed by atoms with Gasteiger partial charge >= 0.3 is 11.9 Å². The van der Waals surface area contributed by atoms with Crippen LogP contribution in [0, 0.1) is 5.92 Å². The number of rotatable bonds is 13. The minimum atomic E-state index is -1.34. The first-order valence-electron chi connectivity index (χ1n) is 14.8. The van der Waals surface area contributed by atoms with Gasteiger partial charge in [-0.2, -0.15) is 0 Å². The monoisotopic (exact) mass is 623 g/mol. The minimum absolute atomic E-state index is 0.199. The Morgan fingerprint density at radius 2 is 1.62 bits per heavy atom. The predicted molar refractivity (Wildman–Crippen MR) is 176 cm³/mol. The summed E-state index contributed by atoms with van der Waals surface area (Å²) in [4.78, 5) is 46.9. The number of hydrogen-bond acceptors (Lipinski definition) is 4. The van der Waals surface area contributed by atoms with Gasteiger partial charge in [-0.15, -0.1) is 0 Å². The Labute approximate surface area is 266 Å². The van der Waals surface area contributed by atoms with Gasteiger partial charge in [0, 0.05) is 29.9 Å². The summed E-state index contributed by atoms with van der Waals surface area (Å²) < 4.78 is 0. The Bertz CT molecular complexity index is 1820. The van der Waals surface area contributed by atoms with E-state index in [-0.39, 0.29) is 12.5 Å². The predicted octanol–water partition coefficient (Wildman–Crippen LogP) is 7.54. The summed E-state index contributed by atoms with van der Waals surface area (Å²) >= 11 is 6.22. The van der Waals surface area contributed by atoms with E-state index in [0.717, 1.165) is 32.9 Å². The SMILES string of the molecule is CC(C(CC=Cc1nc2ccccc2[nH]1)c1ccc(Cl)cc1)N(Cc1ccc2ccccc2c1)C(=O)CC(CC(=O)O)C(=O)O. The molecule has 0 aliphatic rings. The van der Waals surface area contributed by atoms with Crippen molar-refractivity contribution in [3.63, 3.8) is 0 Å². The number of para-hydroxylation sites is 2. The second-order valence-electron chi connectivity index (χ2n) is 11.2. The van der Waals surface area contributed by atoms with Crippen LogP contribution in [-0.4, -0.2) is 49.0 Å². The maximum atomic E-state index is 13.9. The van der Waals surface area contributed by atoms with Crippen molar-refractivity contribution < 1.29 is 24.6 Å². The number of carboxylic acids is 2. The van der Waals surface area contributed by atoms with Crippen LogP contribution in [0.3, 0.4) is 0 Å². The molecule has 0 saturated heterocycles. The fourth-order valence-electron chi connectivity index (χ4n) is 5.70. The van der Waals surface area contributed by atoms with E-state index >= 15 is 0 Å². The minimum Gasteiger partial charge on any atom is -0.481 e. The first-order chi connectivity index (χ1) is 21.7. The number of imidazole rings is 1. The van der Waals surface area contributed by atoms with E-state index in [2.05, 4.69) is 9.97 Å². The van der Waals surface area contributed by atoms with Gasteiger partial charge in [-0.1, -0.05) is 78.3 Å². The molecule has 8 nitrogen and oxygen atoms in total. The largest absolute Gasteiger partial charge is 0.481 e. The number of carboxylic acid groups (broad SMARTS) is 2. The lowest BCUT2D eigenvalue weighted by atomic mass is 9.87. The van der Waals surface area contributed by atoms with Crippen LogP contribution in [0.1, 0.15) is 49.1 Å². The number of nitrogens with one attached hydrogen (secondary N) is 1. The van der Waals surface area contributed by atoms with Crippen LogP contribution in [0.15, 0.2) is 97.1 Å². The second-order valence-corrected chi connectivity index (χ2v) is 11.7. The van der Waals surface area contributed by atoms with Gasteiger partial charge in [0.2, 0.25) is 5.91 Å². The number of allylic oxidation sites excluding steroid dienone is 1. The van der Waals surface area contributed by atoms with Crippen LogP contribution < -0.4 is 0 Å². The van der Waals surface area contributed by atoms with E-state index in [4.69, 9.17) is 11.6 Å². The van der Waals surface area contributed by atoms with Gasteiger partial charge in [0.25, 0.3) is 0 Å². The summed E-state index contributed by atoms with van der Waals surface area (Å²) in [6, 6.07) is 28.8.